The third kappa shape index (κ3) is 3.68. The number of para-hydroxylation sites is 1. The largest absolute Gasteiger partial charge is 0.462 e. The fourth-order valence-corrected chi connectivity index (χ4v) is 1.77. The van der Waals surface area contributed by atoms with Gasteiger partial charge < -0.3 is 9.47 Å². The van der Waals surface area contributed by atoms with Crippen LogP contribution in [0.4, 0.5) is 0 Å². The number of hydrogen-bond acceptors (Lipinski definition) is 4. The summed E-state index contributed by atoms with van der Waals surface area (Å²) in [7, 11) is 0. The smallest absolute Gasteiger partial charge is 0.341 e. The van der Waals surface area contributed by atoms with Crippen LogP contribution in [-0.4, -0.2) is 19.0 Å². The Morgan fingerprint density at radius 2 is 1.70 bits per heavy atom. The van der Waals surface area contributed by atoms with Gasteiger partial charge >= 0.3 is 5.97 Å². The molecular weight excluding hydrogens is 256 g/mol. The van der Waals surface area contributed by atoms with Crippen LogP contribution in [0.15, 0.2) is 54.6 Å². The molecule has 20 heavy (non-hydrogen) atoms. The molecule has 0 spiro atoms. The van der Waals surface area contributed by atoms with Crippen LogP contribution < -0.4 is 4.74 Å². The van der Waals surface area contributed by atoms with Crippen molar-refractivity contribution in [2.75, 3.05) is 6.61 Å². The van der Waals surface area contributed by atoms with Crippen LogP contribution >= 0.6 is 0 Å². The number of ether oxygens (including phenoxy) is 2. The predicted octanol–water partition coefficient (Wildman–Crippen LogP) is 2.62. The Balaban J connectivity index is 1.93. The van der Waals surface area contributed by atoms with Crippen LogP contribution in [0.25, 0.3) is 0 Å². The molecule has 0 aliphatic carbocycles. The van der Waals surface area contributed by atoms with E-state index in [1.54, 1.807) is 24.3 Å². The molecule has 0 atom stereocenters. The van der Waals surface area contributed by atoms with Crippen LogP contribution in [0, 0.1) is 0 Å². The normalized spacial score (nSPS) is 9.80. The molecule has 0 heterocycles. The molecule has 2 aromatic rings. The van der Waals surface area contributed by atoms with E-state index < -0.39 is 5.97 Å². The zero-order valence-corrected chi connectivity index (χ0v) is 10.8. The summed E-state index contributed by atoms with van der Waals surface area (Å²) in [6.45, 7) is 0.564. The number of esters is 1. The molecule has 102 valence electrons. The molecule has 2 aromatic carbocycles. The van der Waals surface area contributed by atoms with Gasteiger partial charge in [-0.05, 0) is 17.7 Å². The van der Waals surface area contributed by atoms with Crippen LogP contribution in [0.2, 0.25) is 0 Å². The van der Waals surface area contributed by atoms with E-state index in [0.29, 0.717) is 6.42 Å². The Bertz CT molecular complexity index is 578. The quantitative estimate of drug-likeness (QED) is 0.598. The maximum absolute atomic E-state index is 11.9. The van der Waals surface area contributed by atoms with Gasteiger partial charge in [-0.3, -0.25) is 4.79 Å². The molecule has 0 aliphatic rings. The van der Waals surface area contributed by atoms with Crippen LogP contribution in [0.3, 0.4) is 0 Å². The van der Waals surface area contributed by atoms with E-state index in [4.69, 9.17) is 9.47 Å². The summed E-state index contributed by atoms with van der Waals surface area (Å²) in [4.78, 5) is 22.3. The molecule has 0 saturated carbocycles. The van der Waals surface area contributed by atoms with Gasteiger partial charge in [0.25, 0.3) is 6.47 Å². The Hall–Kier alpha value is -2.62. The lowest BCUT2D eigenvalue weighted by molar-refractivity contribution is -0.120. The molecule has 2 rings (SSSR count). The molecule has 0 amide bonds. The van der Waals surface area contributed by atoms with Crippen LogP contribution in [0.5, 0.6) is 5.75 Å². The summed E-state index contributed by atoms with van der Waals surface area (Å²) in [6, 6.07) is 16.2. The Morgan fingerprint density at radius 1 is 1.00 bits per heavy atom. The van der Waals surface area contributed by atoms with Gasteiger partial charge in [0.15, 0.2) is 0 Å². The molecule has 0 radical (unpaired) electrons. The van der Waals surface area contributed by atoms with E-state index in [2.05, 4.69) is 0 Å². The molecule has 0 unspecified atom stereocenters. The number of carbonyl (C=O) groups is 2. The maximum atomic E-state index is 11.9. The minimum Gasteiger partial charge on any atom is -0.462 e. The predicted molar refractivity (Wildman–Crippen MR) is 73.6 cm³/mol. The lowest BCUT2D eigenvalue weighted by Gasteiger charge is -2.07. The fourth-order valence-electron chi connectivity index (χ4n) is 1.77. The van der Waals surface area contributed by atoms with E-state index in [9.17, 15) is 9.59 Å². The zero-order chi connectivity index (χ0) is 14.2. The number of carbonyl (C=O) groups excluding carboxylic acids is 2. The Morgan fingerprint density at radius 3 is 2.45 bits per heavy atom. The van der Waals surface area contributed by atoms with Crippen molar-refractivity contribution in [1.82, 2.24) is 0 Å². The van der Waals surface area contributed by atoms with Gasteiger partial charge in [-0.25, -0.2) is 4.79 Å². The molecule has 0 N–H and O–H groups in total. The minimum atomic E-state index is -0.501. The van der Waals surface area contributed by atoms with Crippen molar-refractivity contribution in [2.24, 2.45) is 0 Å². The summed E-state index contributed by atoms with van der Waals surface area (Å²) in [6.07, 6.45) is 0.642. The van der Waals surface area contributed by atoms with Gasteiger partial charge in [0.05, 0.1) is 6.61 Å². The standard InChI is InChI=1S/C16H14O4/c17-12-20-15-9-5-4-8-14(15)16(18)19-11-10-13-6-2-1-3-7-13/h1-9,12H,10-11H2. The summed E-state index contributed by atoms with van der Waals surface area (Å²) in [5.41, 5.74) is 1.34. The third-order valence-electron chi connectivity index (χ3n) is 2.75. The van der Waals surface area contributed by atoms with Gasteiger partial charge in [-0.15, -0.1) is 0 Å². The summed E-state index contributed by atoms with van der Waals surface area (Å²) >= 11 is 0. The van der Waals surface area contributed by atoms with Gasteiger partial charge in [-0.2, -0.15) is 0 Å². The van der Waals surface area contributed by atoms with Crippen LogP contribution in [-0.2, 0) is 16.0 Å². The average molecular weight is 270 g/mol. The average Bonchev–Trinajstić information content (AvgIpc) is 2.49. The molecular formula is C16H14O4. The van der Waals surface area contributed by atoms with E-state index in [1.807, 2.05) is 30.3 Å². The van der Waals surface area contributed by atoms with E-state index in [1.165, 1.54) is 0 Å². The monoisotopic (exact) mass is 270 g/mol. The third-order valence-corrected chi connectivity index (χ3v) is 2.75. The van der Waals surface area contributed by atoms with Crippen molar-refractivity contribution in [3.05, 3.63) is 65.7 Å². The van der Waals surface area contributed by atoms with Crippen molar-refractivity contribution in [1.29, 1.82) is 0 Å². The molecule has 0 saturated heterocycles. The molecule has 4 heteroatoms. The fraction of sp³-hybridized carbons (Fsp3) is 0.125. The second-order valence-electron chi connectivity index (χ2n) is 4.08. The highest BCUT2D eigenvalue weighted by Crippen LogP contribution is 2.18. The molecule has 0 fully saturated rings. The highest BCUT2D eigenvalue weighted by atomic mass is 16.5. The van der Waals surface area contributed by atoms with Gasteiger partial charge in [0.1, 0.15) is 11.3 Å². The molecule has 0 aliphatic heterocycles. The van der Waals surface area contributed by atoms with Crippen molar-refractivity contribution in [2.45, 2.75) is 6.42 Å². The van der Waals surface area contributed by atoms with Crippen molar-refractivity contribution in [3.8, 4) is 5.75 Å². The first-order valence-electron chi connectivity index (χ1n) is 6.21. The molecule has 4 nitrogen and oxygen atoms in total. The Labute approximate surface area is 116 Å². The topological polar surface area (TPSA) is 52.6 Å². The Kier molecular flexibility index (Phi) is 4.89. The number of benzene rings is 2. The van der Waals surface area contributed by atoms with E-state index in [0.717, 1.165) is 5.56 Å². The lowest BCUT2D eigenvalue weighted by atomic mass is 10.2. The molecule has 0 aromatic heterocycles. The van der Waals surface area contributed by atoms with Crippen LogP contribution in [0.1, 0.15) is 15.9 Å². The highest BCUT2D eigenvalue weighted by Gasteiger charge is 2.13. The number of hydrogen-bond donors (Lipinski definition) is 0. The first kappa shape index (κ1) is 13.8. The number of rotatable bonds is 6. The van der Waals surface area contributed by atoms with Crippen molar-refractivity contribution in [3.63, 3.8) is 0 Å². The minimum absolute atomic E-state index is 0.201. The highest BCUT2D eigenvalue weighted by molar-refractivity contribution is 5.92. The van der Waals surface area contributed by atoms with Gasteiger partial charge in [-0.1, -0.05) is 42.5 Å². The first-order valence-corrected chi connectivity index (χ1v) is 6.21. The van der Waals surface area contributed by atoms with E-state index in [-0.39, 0.29) is 24.4 Å². The van der Waals surface area contributed by atoms with Crippen molar-refractivity contribution >= 4 is 12.4 Å². The first-order chi connectivity index (χ1) is 9.81. The zero-order valence-electron chi connectivity index (χ0n) is 10.8. The second kappa shape index (κ2) is 7.09. The summed E-state index contributed by atoms with van der Waals surface area (Å²) in [5.74, 6) is -0.300. The van der Waals surface area contributed by atoms with Crippen molar-refractivity contribution < 1.29 is 19.1 Å². The molecule has 0 bridgehead atoms. The lowest BCUT2D eigenvalue weighted by Crippen LogP contribution is -2.10. The van der Waals surface area contributed by atoms with E-state index >= 15 is 0 Å². The van der Waals surface area contributed by atoms with Gasteiger partial charge in [0, 0.05) is 6.42 Å². The second-order valence-corrected chi connectivity index (χ2v) is 4.08. The SMILES string of the molecule is O=COc1ccccc1C(=O)OCCc1ccccc1. The summed E-state index contributed by atoms with van der Waals surface area (Å²) in [5, 5.41) is 0. The van der Waals surface area contributed by atoms with Gasteiger partial charge in [0.2, 0.25) is 0 Å². The summed E-state index contributed by atoms with van der Waals surface area (Å²) < 4.78 is 9.93. The maximum Gasteiger partial charge on any atom is 0.341 e.